The summed E-state index contributed by atoms with van der Waals surface area (Å²) in [6.45, 7) is 4.37. The second kappa shape index (κ2) is 8.61. The van der Waals surface area contributed by atoms with Crippen LogP contribution in [0.2, 0.25) is 0 Å². The predicted octanol–water partition coefficient (Wildman–Crippen LogP) is 4.28. The van der Waals surface area contributed by atoms with E-state index in [1.165, 1.54) is 0 Å². The number of likely N-dealkylation sites (tertiary alicyclic amines) is 1. The van der Waals surface area contributed by atoms with E-state index in [0.29, 0.717) is 12.4 Å². The minimum atomic E-state index is 0.0801. The molecule has 0 radical (unpaired) electrons. The summed E-state index contributed by atoms with van der Waals surface area (Å²) >= 11 is 0. The van der Waals surface area contributed by atoms with Gasteiger partial charge in [-0.15, -0.1) is 0 Å². The normalized spacial score (nSPS) is 18.5. The minimum Gasteiger partial charge on any atom is -0.340 e. The van der Waals surface area contributed by atoms with Crippen molar-refractivity contribution in [3.05, 3.63) is 60.8 Å². The summed E-state index contributed by atoms with van der Waals surface area (Å²) in [5, 5.41) is 9.01. The molecule has 0 saturated carbocycles. The first-order valence-electron chi connectivity index (χ1n) is 11.2. The summed E-state index contributed by atoms with van der Waals surface area (Å²) in [4.78, 5) is 28.2. The molecule has 168 valence electrons. The number of carbonyl (C=O) groups is 1. The largest absolute Gasteiger partial charge is 0.340 e. The maximum atomic E-state index is 12.2. The Morgan fingerprint density at radius 2 is 2.03 bits per heavy atom. The van der Waals surface area contributed by atoms with E-state index < -0.39 is 0 Å². The van der Waals surface area contributed by atoms with Gasteiger partial charge in [0.2, 0.25) is 5.91 Å². The summed E-state index contributed by atoms with van der Waals surface area (Å²) in [5.41, 5.74) is 3.59. The maximum absolute atomic E-state index is 12.2. The highest BCUT2D eigenvalue weighted by molar-refractivity contribution is 5.92. The van der Waals surface area contributed by atoms with Crippen molar-refractivity contribution in [2.75, 3.05) is 11.9 Å². The molecule has 1 N–H and O–H groups in total. The average molecular weight is 442 g/mol. The SMILES string of the molecule is CC(=O)N1C[C@H](c2nc(Nc3cccc4nn(C)cc34)cc(-c3cccnc3)n2)CC[C@@H]1C. The van der Waals surface area contributed by atoms with Crippen LogP contribution in [0, 0.1) is 0 Å². The highest BCUT2D eigenvalue weighted by atomic mass is 16.2. The Bertz CT molecular complexity index is 1300. The molecule has 0 unspecified atom stereocenters. The van der Waals surface area contributed by atoms with Gasteiger partial charge in [-0.25, -0.2) is 9.97 Å². The number of nitrogens with zero attached hydrogens (tertiary/aromatic N) is 6. The van der Waals surface area contributed by atoms with Crippen LogP contribution in [-0.2, 0) is 11.8 Å². The number of hydrogen-bond donors (Lipinski definition) is 1. The fraction of sp³-hybridized carbons (Fsp3) is 0.320. The zero-order valence-electron chi connectivity index (χ0n) is 19.1. The van der Waals surface area contributed by atoms with Crippen LogP contribution in [0.1, 0.15) is 38.4 Å². The number of piperidine rings is 1. The van der Waals surface area contributed by atoms with E-state index in [-0.39, 0.29) is 17.9 Å². The van der Waals surface area contributed by atoms with Gasteiger partial charge in [-0.2, -0.15) is 5.10 Å². The van der Waals surface area contributed by atoms with E-state index in [1.54, 1.807) is 13.1 Å². The van der Waals surface area contributed by atoms with Crippen LogP contribution in [0.25, 0.3) is 22.2 Å². The Hall–Kier alpha value is -3.81. The number of rotatable bonds is 4. The van der Waals surface area contributed by atoms with Crippen molar-refractivity contribution in [1.82, 2.24) is 29.6 Å². The predicted molar refractivity (Wildman–Crippen MR) is 128 cm³/mol. The zero-order chi connectivity index (χ0) is 22.9. The lowest BCUT2D eigenvalue weighted by Crippen LogP contribution is -2.44. The van der Waals surface area contributed by atoms with Crippen LogP contribution in [-0.4, -0.2) is 48.1 Å². The third-order valence-corrected chi connectivity index (χ3v) is 6.28. The van der Waals surface area contributed by atoms with Gasteiger partial charge in [-0.05, 0) is 44.0 Å². The monoisotopic (exact) mass is 441 g/mol. The van der Waals surface area contributed by atoms with E-state index in [2.05, 4.69) is 22.3 Å². The van der Waals surface area contributed by atoms with Crippen LogP contribution in [0.4, 0.5) is 11.5 Å². The summed E-state index contributed by atoms with van der Waals surface area (Å²) < 4.78 is 1.81. The van der Waals surface area contributed by atoms with Crippen LogP contribution < -0.4 is 5.32 Å². The van der Waals surface area contributed by atoms with Crippen LogP contribution in [0.3, 0.4) is 0 Å². The number of nitrogens with one attached hydrogen (secondary N) is 1. The highest BCUT2D eigenvalue weighted by Gasteiger charge is 2.30. The molecule has 1 aliphatic rings. The first-order chi connectivity index (χ1) is 16.0. The summed E-state index contributed by atoms with van der Waals surface area (Å²) in [5.74, 6) is 1.63. The summed E-state index contributed by atoms with van der Waals surface area (Å²) in [7, 11) is 1.91. The molecule has 1 aliphatic heterocycles. The number of aromatic nitrogens is 5. The van der Waals surface area contributed by atoms with E-state index in [9.17, 15) is 4.79 Å². The second-order valence-corrected chi connectivity index (χ2v) is 8.70. The standard InChI is InChI=1S/C25H27N7O/c1-16-9-10-19(14-32(16)17(2)33)25-28-23(18-6-5-11-26-13-18)12-24(29-25)27-21-7-4-8-22-20(21)15-31(3)30-22/h4-8,11-13,15-16,19H,9-10,14H2,1-3H3,(H,27,28,29)/t16-,19+/m0/s1. The van der Waals surface area contributed by atoms with E-state index in [0.717, 1.165) is 46.5 Å². The average Bonchev–Trinajstić information content (AvgIpc) is 3.21. The van der Waals surface area contributed by atoms with E-state index in [4.69, 9.17) is 9.97 Å². The van der Waals surface area contributed by atoms with Gasteiger partial charge in [0.1, 0.15) is 11.6 Å². The molecule has 3 aromatic heterocycles. The number of anilines is 2. The molecule has 33 heavy (non-hydrogen) atoms. The Kier molecular flexibility index (Phi) is 5.50. The molecule has 4 heterocycles. The van der Waals surface area contributed by atoms with Gasteiger partial charge in [-0.3, -0.25) is 14.5 Å². The van der Waals surface area contributed by atoms with Crippen molar-refractivity contribution >= 4 is 28.3 Å². The van der Waals surface area contributed by atoms with Crippen molar-refractivity contribution in [2.24, 2.45) is 7.05 Å². The molecule has 1 aromatic carbocycles. The lowest BCUT2D eigenvalue weighted by molar-refractivity contribution is -0.132. The molecule has 2 atom stereocenters. The zero-order valence-corrected chi connectivity index (χ0v) is 19.1. The molecular formula is C25H27N7O. The molecule has 1 amide bonds. The van der Waals surface area contributed by atoms with Crippen LogP contribution in [0.5, 0.6) is 0 Å². The van der Waals surface area contributed by atoms with Crippen molar-refractivity contribution < 1.29 is 4.79 Å². The number of benzene rings is 1. The lowest BCUT2D eigenvalue weighted by atomic mass is 9.92. The Morgan fingerprint density at radius 1 is 1.15 bits per heavy atom. The van der Waals surface area contributed by atoms with Gasteiger partial charge in [0.05, 0.1) is 16.9 Å². The van der Waals surface area contributed by atoms with Crippen LogP contribution >= 0.6 is 0 Å². The second-order valence-electron chi connectivity index (χ2n) is 8.70. The molecule has 4 aromatic rings. The van der Waals surface area contributed by atoms with E-state index in [1.807, 2.05) is 65.4 Å². The highest BCUT2D eigenvalue weighted by Crippen LogP contribution is 2.32. The van der Waals surface area contributed by atoms with Gasteiger partial charge >= 0.3 is 0 Å². The molecule has 0 bridgehead atoms. The van der Waals surface area contributed by atoms with Crippen LogP contribution in [0.15, 0.2) is 55.0 Å². The van der Waals surface area contributed by atoms with Crippen molar-refractivity contribution in [3.8, 4) is 11.3 Å². The molecule has 8 heteroatoms. The van der Waals surface area contributed by atoms with Gasteiger partial charge in [0, 0.05) is 68.1 Å². The lowest BCUT2D eigenvalue weighted by Gasteiger charge is -2.37. The number of fused-ring (bicyclic) bond motifs is 1. The van der Waals surface area contributed by atoms with Crippen molar-refractivity contribution in [3.63, 3.8) is 0 Å². The number of pyridine rings is 1. The van der Waals surface area contributed by atoms with Crippen molar-refractivity contribution in [2.45, 2.75) is 38.6 Å². The Labute approximate surface area is 192 Å². The molecule has 8 nitrogen and oxygen atoms in total. The first kappa shape index (κ1) is 21.1. The molecule has 5 rings (SSSR count). The summed E-state index contributed by atoms with van der Waals surface area (Å²) in [6.07, 6.45) is 7.43. The maximum Gasteiger partial charge on any atom is 0.219 e. The molecular weight excluding hydrogens is 414 g/mol. The number of carbonyl (C=O) groups excluding carboxylic acids is 1. The first-order valence-corrected chi connectivity index (χ1v) is 11.2. The smallest absolute Gasteiger partial charge is 0.219 e. The molecule has 1 fully saturated rings. The molecule has 0 spiro atoms. The van der Waals surface area contributed by atoms with Gasteiger partial charge in [0.25, 0.3) is 0 Å². The topological polar surface area (TPSA) is 88.8 Å². The fourth-order valence-corrected chi connectivity index (χ4v) is 4.54. The molecule has 1 saturated heterocycles. The van der Waals surface area contributed by atoms with E-state index >= 15 is 0 Å². The van der Waals surface area contributed by atoms with Gasteiger partial charge < -0.3 is 10.2 Å². The Balaban J connectivity index is 1.55. The Morgan fingerprint density at radius 3 is 2.82 bits per heavy atom. The van der Waals surface area contributed by atoms with Gasteiger partial charge in [-0.1, -0.05) is 6.07 Å². The van der Waals surface area contributed by atoms with Crippen molar-refractivity contribution in [1.29, 1.82) is 0 Å². The number of amides is 1. The fourth-order valence-electron chi connectivity index (χ4n) is 4.54. The third kappa shape index (κ3) is 4.28. The summed E-state index contributed by atoms with van der Waals surface area (Å²) in [6, 6.07) is 12.1. The third-order valence-electron chi connectivity index (χ3n) is 6.28. The molecule has 0 aliphatic carbocycles. The number of hydrogen-bond acceptors (Lipinski definition) is 6. The van der Waals surface area contributed by atoms with Gasteiger partial charge in [0.15, 0.2) is 0 Å². The quantitative estimate of drug-likeness (QED) is 0.508. The minimum absolute atomic E-state index is 0.0801. The number of aryl methyl sites for hydroxylation is 1.